The third kappa shape index (κ3) is 2.17. The summed E-state index contributed by atoms with van der Waals surface area (Å²) in [7, 11) is 0. The fourth-order valence-electron chi connectivity index (χ4n) is 2.34. The Morgan fingerprint density at radius 1 is 1.29 bits per heavy atom. The summed E-state index contributed by atoms with van der Waals surface area (Å²) >= 11 is 1.61. The molecular formula is C13H14N2OS. The van der Waals surface area contributed by atoms with Crippen molar-refractivity contribution in [3.63, 3.8) is 0 Å². The van der Waals surface area contributed by atoms with Gasteiger partial charge in [0.25, 0.3) is 0 Å². The highest BCUT2D eigenvalue weighted by molar-refractivity contribution is 7.07. The first-order valence-electron chi connectivity index (χ1n) is 5.92. The molecule has 3 nitrogen and oxygen atoms in total. The zero-order chi connectivity index (χ0) is 11.7. The predicted molar refractivity (Wildman–Crippen MR) is 67.5 cm³/mol. The summed E-state index contributed by atoms with van der Waals surface area (Å²) in [6.07, 6.45) is 7.98. The van der Waals surface area contributed by atoms with Crippen LogP contribution in [0.2, 0.25) is 0 Å². The molecule has 0 atom stereocenters. The van der Waals surface area contributed by atoms with Gasteiger partial charge in [0.05, 0.1) is 17.7 Å². The molecule has 0 amide bonds. The second kappa shape index (κ2) is 4.45. The number of fused-ring (bicyclic) bond motifs is 1. The van der Waals surface area contributed by atoms with Crippen LogP contribution >= 0.6 is 11.3 Å². The van der Waals surface area contributed by atoms with Crippen molar-refractivity contribution < 1.29 is 4.79 Å². The van der Waals surface area contributed by atoms with E-state index in [9.17, 15) is 4.79 Å². The van der Waals surface area contributed by atoms with E-state index in [0.29, 0.717) is 12.2 Å². The van der Waals surface area contributed by atoms with Crippen LogP contribution in [0.1, 0.15) is 40.9 Å². The van der Waals surface area contributed by atoms with Gasteiger partial charge in [-0.05, 0) is 24.8 Å². The molecule has 0 spiro atoms. The molecule has 0 N–H and O–H groups in total. The number of carbonyl (C=O) groups is 1. The van der Waals surface area contributed by atoms with Crippen molar-refractivity contribution in [3.05, 3.63) is 40.1 Å². The number of aryl methyl sites for hydroxylation is 1. The van der Waals surface area contributed by atoms with Crippen molar-refractivity contribution in [3.8, 4) is 0 Å². The number of carbonyl (C=O) groups excluding carboxylic acids is 1. The van der Waals surface area contributed by atoms with E-state index in [2.05, 4.69) is 15.7 Å². The molecule has 2 heterocycles. The molecule has 0 fully saturated rings. The van der Waals surface area contributed by atoms with Crippen molar-refractivity contribution in [1.82, 2.24) is 9.55 Å². The number of hydrogen-bond donors (Lipinski definition) is 0. The van der Waals surface area contributed by atoms with Gasteiger partial charge in [0.15, 0.2) is 5.78 Å². The quantitative estimate of drug-likeness (QED) is 0.764. The standard InChI is InChI=1S/C13H14N2OS/c16-13-4-2-1-3-10-5-15(7-12(10)13)6-11-8-17-9-14-11/h5,7-9H,1-4,6H2. The Labute approximate surface area is 104 Å². The molecule has 17 heavy (non-hydrogen) atoms. The van der Waals surface area contributed by atoms with Crippen molar-refractivity contribution in [2.75, 3.05) is 0 Å². The maximum absolute atomic E-state index is 11.9. The summed E-state index contributed by atoms with van der Waals surface area (Å²) < 4.78 is 2.09. The van der Waals surface area contributed by atoms with Crippen LogP contribution in [0.25, 0.3) is 0 Å². The van der Waals surface area contributed by atoms with Gasteiger partial charge in [-0.15, -0.1) is 11.3 Å². The molecule has 0 aromatic carbocycles. The Hall–Kier alpha value is -1.42. The van der Waals surface area contributed by atoms with Crippen molar-refractivity contribution >= 4 is 17.1 Å². The minimum absolute atomic E-state index is 0.300. The van der Waals surface area contributed by atoms with Gasteiger partial charge in [-0.3, -0.25) is 4.79 Å². The smallest absolute Gasteiger partial charge is 0.164 e. The van der Waals surface area contributed by atoms with Crippen molar-refractivity contribution in [2.45, 2.75) is 32.2 Å². The van der Waals surface area contributed by atoms with E-state index in [1.54, 1.807) is 11.3 Å². The Bertz CT molecular complexity index is 528. The summed E-state index contributed by atoms with van der Waals surface area (Å²) in [6, 6.07) is 0. The third-order valence-electron chi connectivity index (χ3n) is 3.19. The Kier molecular flexibility index (Phi) is 2.81. The zero-order valence-electron chi connectivity index (χ0n) is 9.56. The molecule has 0 radical (unpaired) electrons. The largest absolute Gasteiger partial charge is 0.347 e. The predicted octanol–water partition coefficient (Wildman–Crippen LogP) is 2.90. The molecule has 88 valence electrons. The Balaban J connectivity index is 1.88. The lowest BCUT2D eigenvalue weighted by Crippen LogP contribution is -1.99. The first kappa shape index (κ1) is 10.7. The normalized spacial score (nSPS) is 15.6. The minimum atomic E-state index is 0.300. The fraction of sp³-hybridized carbons (Fsp3) is 0.385. The molecule has 1 aliphatic rings. The molecule has 0 saturated heterocycles. The maximum Gasteiger partial charge on any atom is 0.164 e. The Morgan fingerprint density at radius 2 is 2.18 bits per heavy atom. The van der Waals surface area contributed by atoms with Gasteiger partial charge in [0.1, 0.15) is 0 Å². The molecule has 0 bridgehead atoms. The van der Waals surface area contributed by atoms with Crippen LogP contribution in [0.4, 0.5) is 0 Å². The monoisotopic (exact) mass is 246 g/mol. The Morgan fingerprint density at radius 3 is 3.00 bits per heavy atom. The van der Waals surface area contributed by atoms with Gasteiger partial charge >= 0.3 is 0 Å². The average Bonchev–Trinajstić information content (AvgIpc) is 2.92. The second-order valence-corrected chi connectivity index (χ2v) is 5.20. The van der Waals surface area contributed by atoms with E-state index in [1.807, 2.05) is 17.1 Å². The van der Waals surface area contributed by atoms with E-state index in [1.165, 1.54) is 5.56 Å². The molecule has 1 aliphatic carbocycles. The van der Waals surface area contributed by atoms with Gasteiger partial charge in [-0.2, -0.15) is 0 Å². The average molecular weight is 246 g/mol. The summed E-state index contributed by atoms with van der Waals surface area (Å²) in [5.41, 5.74) is 5.04. The molecular weight excluding hydrogens is 232 g/mol. The molecule has 0 unspecified atom stereocenters. The van der Waals surface area contributed by atoms with E-state index < -0.39 is 0 Å². The molecule has 0 saturated carbocycles. The van der Waals surface area contributed by atoms with Crippen LogP contribution in [0.15, 0.2) is 23.3 Å². The molecule has 2 aromatic heterocycles. The highest BCUT2D eigenvalue weighted by Gasteiger charge is 2.17. The van der Waals surface area contributed by atoms with Crippen molar-refractivity contribution in [2.24, 2.45) is 0 Å². The lowest BCUT2D eigenvalue weighted by atomic mass is 10.1. The van der Waals surface area contributed by atoms with E-state index in [4.69, 9.17) is 0 Å². The van der Waals surface area contributed by atoms with Crippen LogP contribution in [0.5, 0.6) is 0 Å². The number of hydrogen-bond acceptors (Lipinski definition) is 3. The van der Waals surface area contributed by atoms with Gasteiger partial charge in [-0.1, -0.05) is 0 Å². The number of nitrogens with zero attached hydrogens (tertiary/aromatic N) is 2. The van der Waals surface area contributed by atoms with Crippen molar-refractivity contribution in [1.29, 1.82) is 0 Å². The number of rotatable bonds is 2. The molecule has 2 aromatic rings. The van der Waals surface area contributed by atoms with E-state index >= 15 is 0 Å². The molecule has 3 rings (SSSR count). The zero-order valence-corrected chi connectivity index (χ0v) is 10.4. The van der Waals surface area contributed by atoms with Crippen LogP contribution in [-0.2, 0) is 13.0 Å². The van der Waals surface area contributed by atoms with Gasteiger partial charge in [0, 0.05) is 29.8 Å². The van der Waals surface area contributed by atoms with E-state index in [0.717, 1.165) is 37.1 Å². The number of aromatic nitrogens is 2. The highest BCUT2D eigenvalue weighted by Crippen LogP contribution is 2.22. The maximum atomic E-state index is 11.9. The first-order valence-corrected chi connectivity index (χ1v) is 6.86. The summed E-state index contributed by atoms with van der Waals surface area (Å²) in [4.78, 5) is 16.2. The van der Waals surface area contributed by atoms with Gasteiger partial charge in [-0.25, -0.2) is 4.98 Å². The van der Waals surface area contributed by atoms with E-state index in [-0.39, 0.29) is 0 Å². The number of Topliss-reactive ketones (excluding diaryl/α,β-unsaturated/α-hetero) is 1. The molecule has 4 heteroatoms. The number of ketones is 1. The van der Waals surface area contributed by atoms with Crippen LogP contribution in [0.3, 0.4) is 0 Å². The SMILES string of the molecule is O=C1CCCCc2cn(Cc3cscn3)cc21. The fourth-order valence-corrected chi connectivity index (χ4v) is 2.89. The third-order valence-corrected chi connectivity index (χ3v) is 3.83. The lowest BCUT2D eigenvalue weighted by molar-refractivity contribution is 0.0982. The number of thiazole rings is 1. The molecule has 0 aliphatic heterocycles. The van der Waals surface area contributed by atoms with Gasteiger partial charge in [0.2, 0.25) is 0 Å². The van der Waals surface area contributed by atoms with Crippen LogP contribution in [-0.4, -0.2) is 15.3 Å². The summed E-state index contributed by atoms with van der Waals surface area (Å²) in [5, 5.41) is 2.05. The first-order chi connectivity index (χ1) is 8.33. The summed E-state index contributed by atoms with van der Waals surface area (Å²) in [5.74, 6) is 0.300. The van der Waals surface area contributed by atoms with Crippen LogP contribution < -0.4 is 0 Å². The second-order valence-electron chi connectivity index (χ2n) is 4.48. The highest BCUT2D eigenvalue weighted by atomic mass is 32.1. The minimum Gasteiger partial charge on any atom is -0.347 e. The topological polar surface area (TPSA) is 34.9 Å². The summed E-state index contributed by atoms with van der Waals surface area (Å²) in [6.45, 7) is 0.768. The van der Waals surface area contributed by atoms with Crippen LogP contribution in [0, 0.1) is 0 Å². The lowest BCUT2D eigenvalue weighted by Gasteiger charge is -1.99. The van der Waals surface area contributed by atoms with Gasteiger partial charge < -0.3 is 4.57 Å².